The molecule has 10 heteroatoms. The third kappa shape index (κ3) is 5.23. The Kier molecular flexibility index (Phi) is 7.77. The number of aromatic nitrogens is 2. The molecule has 42 heavy (non-hydrogen) atoms. The first-order valence-corrected chi connectivity index (χ1v) is 16.8. The number of carbonyl (C=O) groups is 1. The second kappa shape index (κ2) is 11.0. The second-order valence-electron chi connectivity index (χ2n) is 11.2. The summed E-state index contributed by atoms with van der Waals surface area (Å²) in [4.78, 5) is 12.3. The lowest BCUT2D eigenvalue weighted by Crippen LogP contribution is -2.27. The maximum absolute atomic E-state index is 12.9. The Balaban J connectivity index is 0.000000169. The van der Waals surface area contributed by atoms with E-state index in [1.807, 2.05) is 20.8 Å². The molecule has 0 saturated carbocycles. The molecule has 0 radical (unpaired) electrons. The summed E-state index contributed by atoms with van der Waals surface area (Å²) >= 11 is 0. The molecule has 4 aromatic rings. The molecule has 218 valence electrons. The SMILES string of the molecule is Cc1ccc(S(=O)(=O)n2ccc3c2CCCC3(C)C#N)cc1.Cc1ccc(S(=O)(=O)n2ccc3c2CCCC3=O)cc1. The number of nitriles is 1. The largest absolute Gasteiger partial charge is 0.294 e. The van der Waals surface area contributed by atoms with Gasteiger partial charge in [0.2, 0.25) is 0 Å². The van der Waals surface area contributed by atoms with Crippen molar-refractivity contribution in [2.75, 3.05) is 0 Å². The Morgan fingerprint density at radius 2 is 1.21 bits per heavy atom. The smallest absolute Gasteiger partial charge is 0.267 e. The van der Waals surface area contributed by atoms with E-state index in [0.29, 0.717) is 36.9 Å². The average molecular weight is 604 g/mol. The molecule has 0 N–H and O–H groups in total. The molecule has 8 nitrogen and oxygen atoms in total. The van der Waals surface area contributed by atoms with Gasteiger partial charge in [0.15, 0.2) is 5.78 Å². The zero-order valence-corrected chi connectivity index (χ0v) is 25.5. The van der Waals surface area contributed by atoms with Crippen LogP contribution in [0.3, 0.4) is 0 Å². The molecule has 0 bridgehead atoms. The van der Waals surface area contributed by atoms with Crippen LogP contribution in [-0.2, 0) is 38.3 Å². The summed E-state index contributed by atoms with van der Waals surface area (Å²) in [6, 6.07) is 19.3. The third-order valence-corrected chi connectivity index (χ3v) is 11.6. The molecule has 2 aromatic heterocycles. The van der Waals surface area contributed by atoms with Gasteiger partial charge in [0, 0.05) is 35.8 Å². The standard InChI is InChI=1S/C17H18N2O2S.C15H15NO3S/c1-13-5-7-14(8-6-13)22(20,21)19-11-9-15-16(19)4-3-10-17(15,2)12-18;1-11-5-7-12(8-6-11)20(18,19)16-10-9-13-14(16)3-2-4-15(13)17/h5-9,11H,3-4,10H2,1-2H3;5-10H,2-4H2,1H3. The average Bonchev–Trinajstić information content (AvgIpc) is 3.61. The summed E-state index contributed by atoms with van der Waals surface area (Å²) in [6.07, 6.45) is 7.18. The van der Waals surface area contributed by atoms with Gasteiger partial charge in [-0.25, -0.2) is 24.8 Å². The fraction of sp³-hybridized carbons (Fsp3) is 0.312. The number of ketones is 1. The predicted molar refractivity (Wildman–Crippen MR) is 160 cm³/mol. The van der Waals surface area contributed by atoms with E-state index in [9.17, 15) is 26.9 Å². The van der Waals surface area contributed by atoms with E-state index in [4.69, 9.17) is 0 Å². The lowest BCUT2D eigenvalue weighted by Gasteiger charge is -2.28. The zero-order chi connectivity index (χ0) is 30.3. The quantitative estimate of drug-likeness (QED) is 0.295. The van der Waals surface area contributed by atoms with Gasteiger partial charge in [0.25, 0.3) is 20.0 Å². The maximum Gasteiger partial charge on any atom is 0.267 e. The number of aryl methyl sites for hydroxylation is 2. The van der Waals surface area contributed by atoms with Crippen molar-refractivity contribution in [1.82, 2.24) is 7.94 Å². The van der Waals surface area contributed by atoms with Gasteiger partial charge in [-0.15, -0.1) is 0 Å². The minimum Gasteiger partial charge on any atom is -0.294 e. The van der Waals surface area contributed by atoms with Crippen LogP contribution in [-0.4, -0.2) is 30.6 Å². The molecule has 2 aliphatic rings. The lowest BCUT2D eigenvalue weighted by molar-refractivity contribution is 0.0972. The topological polar surface area (TPSA) is 119 Å². The normalized spacial score (nSPS) is 18.3. The lowest BCUT2D eigenvalue weighted by atomic mass is 9.75. The summed E-state index contributed by atoms with van der Waals surface area (Å²) < 4.78 is 53.6. The summed E-state index contributed by atoms with van der Waals surface area (Å²) in [7, 11) is -7.22. The molecule has 0 fully saturated rings. The van der Waals surface area contributed by atoms with Crippen molar-refractivity contribution in [3.05, 3.63) is 107 Å². The van der Waals surface area contributed by atoms with Gasteiger partial charge >= 0.3 is 0 Å². The maximum atomic E-state index is 12.9. The Morgan fingerprint density at radius 3 is 1.76 bits per heavy atom. The Labute approximate surface area is 247 Å². The highest BCUT2D eigenvalue weighted by Crippen LogP contribution is 2.38. The Bertz CT molecular complexity index is 1910. The molecule has 6 rings (SSSR count). The molecule has 0 aliphatic heterocycles. The van der Waals surface area contributed by atoms with Crippen LogP contribution in [0.25, 0.3) is 0 Å². The molecule has 1 atom stereocenters. The predicted octanol–water partition coefficient (Wildman–Crippen LogP) is 5.70. The van der Waals surface area contributed by atoms with Crippen LogP contribution in [0.4, 0.5) is 0 Å². The van der Waals surface area contributed by atoms with Crippen molar-refractivity contribution in [3.8, 4) is 6.07 Å². The minimum atomic E-state index is -3.61. The summed E-state index contributed by atoms with van der Waals surface area (Å²) in [5, 5.41) is 9.45. The number of hydrogen-bond acceptors (Lipinski definition) is 6. The number of hydrogen-bond donors (Lipinski definition) is 0. The molecular weight excluding hydrogens is 571 g/mol. The number of rotatable bonds is 4. The van der Waals surface area contributed by atoms with E-state index >= 15 is 0 Å². The molecule has 0 saturated heterocycles. The summed E-state index contributed by atoms with van der Waals surface area (Å²) in [5.41, 5.74) is 4.18. The van der Waals surface area contributed by atoms with Gasteiger partial charge < -0.3 is 0 Å². The van der Waals surface area contributed by atoms with Gasteiger partial charge in [0.05, 0.1) is 21.3 Å². The molecule has 0 amide bonds. The van der Waals surface area contributed by atoms with Crippen LogP contribution < -0.4 is 0 Å². The molecular formula is C32H33N3O5S2. The Hall–Kier alpha value is -3.94. The highest BCUT2D eigenvalue weighted by Gasteiger charge is 2.36. The zero-order valence-electron chi connectivity index (χ0n) is 23.9. The molecule has 2 aliphatic carbocycles. The first kappa shape index (κ1) is 29.5. The van der Waals surface area contributed by atoms with Gasteiger partial charge in [0.1, 0.15) is 0 Å². The van der Waals surface area contributed by atoms with E-state index in [2.05, 4.69) is 6.07 Å². The highest BCUT2D eigenvalue weighted by molar-refractivity contribution is 7.90. The van der Waals surface area contributed by atoms with E-state index in [0.717, 1.165) is 35.2 Å². The van der Waals surface area contributed by atoms with Crippen molar-refractivity contribution >= 4 is 25.8 Å². The van der Waals surface area contributed by atoms with Crippen molar-refractivity contribution in [2.45, 2.75) is 74.5 Å². The van der Waals surface area contributed by atoms with Crippen LogP contribution in [0.1, 0.15) is 71.0 Å². The van der Waals surface area contributed by atoms with Crippen molar-refractivity contribution in [2.24, 2.45) is 0 Å². The Morgan fingerprint density at radius 1 is 0.714 bits per heavy atom. The van der Waals surface area contributed by atoms with Crippen LogP contribution in [0.2, 0.25) is 0 Å². The fourth-order valence-corrected chi connectivity index (χ4v) is 8.47. The van der Waals surface area contributed by atoms with E-state index in [-0.39, 0.29) is 15.6 Å². The van der Waals surface area contributed by atoms with Crippen molar-refractivity contribution in [3.63, 3.8) is 0 Å². The van der Waals surface area contributed by atoms with Crippen LogP contribution in [0, 0.1) is 25.2 Å². The van der Waals surface area contributed by atoms with Gasteiger partial charge in [-0.2, -0.15) is 5.26 Å². The number of carbonyl (C=O) groups excluding carboxylic acids is 1. The van der Waals surface area contributed by atoms with Gasteiger partial charge in [-0.3, -0.25) is 4.79 Å². The molecule has 2 aromatic carbocycles. The number of nitrogens with zero attached hydrogens (tertiary/aromatic N) is 3. The number of Topliss-reactive ketones (excluding diaryl/α,β-unsaturated/α-hetero) is 1. The third-order valence-electron chi connectivity index (χ3n) is 8.11. The fourth-order valence-electron chi connectivity index (χ4n) is 5.65. The van der Waals surface area contributed by atoms with Crippen molar-refractivity contribution in [1.29, 1.82) is 5.26 Å². The first-order chi connectivity index (χ1) is 19.9. The minimum absolute atomic E-state index is 0.0316. The monoisotopic (exact) mass is 603 g/mol. The van der Waals surface area contributed by atoms with Crippen molar-refractivity contribution < 1.29 is 21.6 Å². The second-order valence-corrected chi connectivity index (χ2v) is 14.8. The van der Waals surface area contributed by atoms with Crippen LogP contribution in [0.15, 0.2) is 82.8 Å². The summed E-state index contributed by atoms with van der Waals surface area (Å²) in [6.45, 7) is 5.71. The number of fused-ring (bicyclic) bond motifs is 2. The highest BCUT2D eigenvalue weighted by atomic mass is 32.2. The molecule has 0 spiro atoms. The van der Waals surface area contributed by atoms with Gasteiger partial charge in [-0.1, -0.05) is 35.4 Å². The number of benzene rings is 2. The van der Waals surface area contributed by atoms with Gasteiger partial charge in [-0.05, 0) is 94.8 Å². The summed E-state index contributed by atoms with van der Waals surface area (Å²) in [5.74, 6) is 0.0316. The molecule has 1 unspecified atom stereocenters. The van der Waals surface area contributed by atoms with Crippen LogP contribution in [0.5, 0.6) is 0 Å². The van der Waals surface area contributed by atoms with E-state index in [1.165, 1.54) is 14.1 Å². The first-order valence-electron chi connectivity index (χ1n) is 13.9. The van der Waals surface area contributed by atoms with E-state index in [1.54, 1.807) is 66.9 Å². The van der Waals surface area contributed by atoms with E-state index < -0.39 is 25.5 Å². The molecule has 2 heterocycles. The van der Waals surface area contributed by atoms with Crippen LogP contribution >= 0.6 is 0 Å².